The third kappa shape index (κ3) is 1.07. The van der Waals surface area contributed by atoms with E-state index in [9.17, 15) is 9.90 Å². The Morgan fingerprint density at radius 3 is 2.87 bits per heavy atom. The Labute approximate surface area is 87.7 Å². The molecule has 1 heterocycles. The number of hydrogen-bond donors (Lipinski definition) is 2. The van der Waals surface area contributed by atoms with Crippen molar-refractivity contribution in [2.45, 2.75) is 38.5 Å². The zero-order valence-corrected chi connectivity index (χ0v) is 8.71. The van der Waals surface area contributed by atoms with Gasteiger partial charge in [0, 0.05) is 11.3 Å². The lowest BCUT2D eigenvalue weighted by molar-refractivity contribution is -0.141. The molecular formula is C11H14N2O2. The van der Waals surface area contributed by atoms with Crippen molar-refractivity contribution in [1.29, 1.82) is 0 Å². The van der Waals surface area contributed by atoms with Crippen molar-refractivity contribution in [2.24, 2.45) is 5.41 Å². The smallest absolute Gasteiger partial charge is 0.311 e. The monoisotopic (exact) mass is 206 g/mol. The first-order valence-corrected chi connectivity index (χ1v) is 5.41. The van der Waals surface area contributed by atoms with E-state index in [1.807, 2.05) is 6.92 Å². The summed E-state index contributed by atoms with van der Waals surface area (Å²) >= 11 is 0. The first-order valence-electron chi connectivity index (χ1n) is 5.41. The molecule has 1 unspecified atom stereocenters. The van der Waals surface area contributed by atoms with Crippen LogP contribution in [0.15, 0.2) is 0 Å². The standard InChI is InChI=1S/C11H14N2O2/c1-6-8-7(13-12-6)2-3-11(4-5-11)9(8)10(14)15/h9H,2-5H2,1H3,(H,12,13)(H,14,15). The van der Waals surface area contributed by atoms with E-state index in [4.69, 9.17) is 0 Å². The second-order valence-corrected chi connectivity index (χ2v) is 4.84. The lowest BCUT2D eigenvalue weighted by Gasteiger charge is -2.28. The van der Waals surface area contributed by atoms with E-state index in [1.165, 1.54) is 0 Å². The number of nitrogens with zero attached hydrogens (tertiary/aromatic N) is 1. The minimum Gasteiger partial charge on any atom is -0.481 e. The van der Waals surface area contributed by atoms with Gasteiger partial charge in [-0.2, -0.15) is 5.10 Å². The van der Waals surface area contributed by atoms with Gasteiger partial charge in [-0.15, -0.1) is 0 Å². The summed E-state index contributed by atoms with van der Waals surface area (Å²) < 4.78 is 0. The molecular weight excluding hydrogens is 192 g/mol. The van der Waals surface area contributed by atoms with Crippen molar-refractivity contribution < 1.29 is 9.90 Å². The number of carboxylic acids is 1. The van der Waals surface area contributed by atoms with Crippen LogP contribution in [0.25, 0.3) is 0 Å². The molecule has 1 aromatic rings. The molecule has 0 aliphatic heterocycles. The molecule has 15 heavy (non-hydrogen) atoms. The number of H-pyrrole nitrogens is 1. The van der Waals surface area contributed by atoms with Crippen molar-refractivity contribution in [3.8, 4) is 0 Å². The highest BCUT2D eigenvalue weighted by Gasteiger charge is 2.56. The van der Waals surface area contributed by atoms with E-state index in [0.717, 1.165) is 42.6 Å². The van der Waals surface area contributed by atoms with E-state index >= 15 is 0 Å². The Morgan fingerprint density at radius 2 is 2.27 bits per heavy atom. The number of rotatable bonds is 1. The molecule has 1 aromatic heterocycles. The number of aryl methyl sites for hydroxylation is 2. The summed E-state index contributed by atoms with van der Waals surface area (Å²) in [6.07, 6.45) is 4.05. The zero-order chi connectivity index (χ0) is 10.6. The lowest BCUT2D eigenvalue weighted by atomic mass is 9.74. The molecule has 0 aromatic carbocycles. The van der Waals surface area contributed by atoms with Crippen molar-refractivity contribution in [1.82, 2.24) is 10.2 Å². The highest BCUT2D eigenvalue weighted by atomic mass is 16.4. The number of fused-ring (bicyclic) bond motifs is 1. The normalized spacial score (nSPS) is 26.3. The van der Waals surface area contributed by atoms with E-state index in [1.54, 1.807) is 0 Å². The van der Waals surface area contributed by atoms with Gasteiger partial charge in [-0.05, 0) is 38.0 Å². The van der Waals surface area contributed by atoms with Crippen LogP contribution in [-0.2, 0) is 11.2 Å². The Balaban J connectivity index is 2.14. The predicted molar refractivity (Wildman–Crippen MR) is 53.7 cm³/mol. The van der Waals surface area contributed by atoms with Crippen LogP contribution in [-0.4, -0.2) is 21.3 Å². The van der Waals surface area contributed by atoms with Gasteiger partial charge >= 0.3 is 5.97 Å². The first-order chi connectivity index (χ1) is 7.14. The number of hydrogen-bond acceptors (Lipinski definition) is 2. The summed E-state index contributed by atoms with van der Waals surface area (Å²) in [5.41, 5.74) is 2.93. The molecule has 1 atom stereocenters. The van der Waals surface area contributed by atoms with E-state index in [-0.39, 0.29) is 11.3 Å². The second kappa shape index (κ2) is 2.62. The Bertz CT molecular complexity index is 432. The first kappa shape index (κ1) is 8.95. The van der Waals surface area contributed by atoms with E-state index < -0.39 is 5.97 Å². The van der Waals surface area contributed by atoms with Crippen LogP contribution in [0, 0.1) is 12.3 Å². The van der Waals surface area contributed by atoms with Crippen LogP contribution in [0.2, 0.25) is 0 Å². The molecule has 0 radical (unpaired) electrons. The van der Waals surface area contributed by atoms with Gasteiger partial charge in [-0.3, -0.25) is 9.89 Å². The average molecular weight is 206 g/mol. The number of aromatic amines is 1. The Morgan fingerprint density at radius 1 is 1.53 bits per heavy atom. The summed E-state index contributed by atoms with van der Waals surface area (Å²) in [7, 11) is 0. The number of carbonyl (C=O) groups is 1. The number of nitrogens with one attached hydrogen (secondary N) is 1. The van der Waals surface area contributed by atoms with Gasteiger partial charge in [0.25, 0.3) is 0 Å². The molecule has 2 aliphatic carbocycles. The van der Waals surface area contributed by atoms with Crippen molar-refractivity contribution in [3.05, 3.63) is 17.0 Å². The topological polar surface area (TPSA) is 66.0 Å². The number of aromatic nitrogens is 2. The maximum Gasteiger partial charge on any atom is 0.311 e. The molecule has 1 spiro atoms. The summed E-state index contributed by atoms with van der Waals surface area (Å²) in [5.74, 6) is -1.00. The zero-order valence-electron chi connectivity index (χ0n) is 8.71. The Hall–Kier alpha value is -1.32. The predicted octanol–water partition coefficient (Wildman–Crippen LogP) is 1.61. The van der Waals surface area contributed by atoms with Gasteiger partial charge in [0.05, 0.1) is 11.6 Å². The highest BCUT2D eigenvalue weighted by Crippen LogP contribution is 2.62. The van der Waals surface area contributed by atoms with Gasteiger partial charge in [-0.1, -0.05) is 0 Å². The highest BCUT2D eigenvalue weighted by molar-refractivity contribution is 5.79. The molecule has 2 N–H and O–H groups in total. The quantitative estimate of drug-likeness (QED) is 0.733. The lowest BCUT2D eigenvalue weighted by Crippen LogP contribution is -2.28. The van der Waals surface area contributed by atoms with Gasteiger partial charge in [-0.25, -0.2) is 0 Å². The molecule has 4 heteroatoms. The van der Waals surface area contributed by atoms with Gasteiger partial charge in [0.2, 0.25) is 0 Å². The van der Waals surface area contributed by atoms with Crippen LogP contribution in [0.3, 0.4) is 0 Å². The fourth-order valence-electron chi connectivity index (χ4n) is 2.96. The Kier molecular flexibility index (Phi) is 1.56. The molecule has 2 aliphatic rings. The van der Waals surface area contributed by atoms with Gasteiger partial charge < -0.3 is 5.11 Å². The fourth-order valence-corrected chi connectivity index (χ4v) is 2.96. The molecule has 1 fully saturated rings. The van der Waals surface area contributed by atoms with Crippen LogP contribution in [0.1, 0.15) is 42.1 Å². The molecule has 3 rings (SSSR count). The third-order valence-electron chi connectivity index (χ3n) is 3.97. The van der Waals surface area contributed by atoms with Crippen LogP contribution >= 0.6 is 0 Å². The minimum absolute atomic E-state index is 0.0630. The average Bonchev–Trinajstić information content (AvgIpc) is 2.85. The second-order valence-electron chi connectivity index (χ2n) is 4.84. The largest absolute Gasteiger partial charge is 0.481 e. The molecule has 1 saturated carbocycles. The maximum absolute atomic E-state index is 11.4. The van der Waals surface area contributed by atoms with Crippen molar-refractivity contribution in [2.75, 3.05) is 0 Å². The van der Waals surface area contributed by atoms with Crippen molar-refractivity contribution >= 4 is 5.97 Å². The summed E-state index contributed by atoms with van der Waals surface area (Å²) in [6.45, 7) is 1.92. The third-order valence-corrected chi connectivity index (χ3v) is 3.97. The van der Waals surface area contributed by atoms with Gasteiger partial charge in [0.1, 0.15) is 0 Å². The molecule has 0 bridgehead atoms. The summed E-state index contributed by atoms with van der Waals surface area (Å²) in [5, 5.41) is 16.5. The molecule has 0 saturated heterocycles. The van der Waals surface area contributed by atoms with Crippen LogP contribution < -0.4 is 0 Å². The fraction of sp³-hybridized carbons (Fsp3) is 0.636. The van der Waals surface area contributed by atoms with E-state index in [0.29, 0.717) is 0 Å². The number of carboxylic acid groups (broad SMARTS) is 1. The minimum atomic E-state index is -0.682. The SMILES string of the molecule is Cc1[nH]nc2c1C(C(=O)O)C1(CC2)CC1. The summed E-state index contributed by atoms with van der Waals surface area (Å²) in [6, 6.07) is 0. The van der Waals surface area contributed by atoms with E-state index in [2.05, 4.69) is 10.2 Å². The van der Waals surface area contributed by atoms with Crippen LogP contribution in [0.5, 0.6) is 0 Å². The molecule has 4 nitrogen and oxygen atoms in total. The molecule has 80 valence electrons. The summed E-state index contributed by atoms with van der Waals surface area (Å²) in [4.78, 5) is 11.4. The molecule has 0 amide bonds. The number of aliphatic carboxylic acids is 1. The van der Waals surface area contributed by atoms with Crippen molar-refractivity contribution in [3.63, 3.8) is 0 Å². The van der Waals surface area contributed by atoms with Gasteiger partial charge in [0.15, 0.2) is 0 Å². The van der Waals surface area contributed by atoms with Crippen LogP contribution in [0.4, 0.5) is 0 Å². The maximum atomic E-state index is 11.4.